The van der Waals surface area contributed by atoms with Gasteiger partial charge in [0, 0.05) is 64.9 Å². The van der Waals surface area contributed by atoms with Crippen LogP contribution in [-0.4, -0.2) is 93.3 Å². The predicted octanol–water partition coefficient (Wildman–Crippen LogP) is 0.433. The van der Waals surface area contributed by atoms with E-state index in [4.69, 9.17) is 27.7 Å². The maximum absolute atomic E-state index is 8.52. The third-order valence-corrected chi connectivity index (χ3v) is 4.62. The van der Waals surface area contributed by atoms with Crippen molar-refractivity contribution in [1.82, 2.24) is 0 Å². The van der Waals surface area contributed by atoms with Crippen molar-refractivity contribution in [3.05, 3.63) is 0 Å². The highest BCUT2D eigenvalue weighted by Gasteiger charge is 2.14. The average Bonchev–Trinajstić information content (AvgIpc) is 1.95. The van der Waals surface area contributed by atoms with Gasteiger partial charge in [-0.25, -0.2) is 0 Å². The van der Waals surface area contributed by atoms with E-state index < -0.39 is 24.9 Å². The molecule has 0 aliphatic heterocycles. The van der Waals surface area contributed by atoms with Gasteiger partial charge in [0.15, 0.2) is 0 Å². The molecule has 9 heteroatoms. The van der Waals surface area contributed by atoms with Crippen molar-refractivity contribution in [2.45, 2.75) is 0 Å². The molecule has 120 valence electrons. The van der Waals surface area contributed by atoms with E-state index in [1.54, 1.807) is 0 Å². The zero-order valence-corrected chi connectivity index (χ0v) is 15.3. The second-order valence-corrected chi connectivity index (χ2v) is 16.8. The van der Waals surface area contributed by atoms with Crippen LogP contribution in [0, 0.1) is 0 Å². The largest absolute Gasteiger partial charge is 0.759 e. The Kier molecular flexibility index (Phi) is 14.7. The summed E-state index contributed by atoms with van der Waals surface area (Å²) in [4.78, 5) is 0. The number of aliphatic hydroxyl groups is 2. The minimum absolute atomic E-state index is 0.358. The number of hydrogen-bond donors (Lipinski definition) is 2. The Morgan fingerprint density at radius 1 is 0.789 bits per heavy atom. The molecule has 0 saturated carbocycles. The van der Waals surface area contributed by atoms with E-state index in [9.17, 15) is 0 Å². The predicted molar refractivity (Wildman–Crippen MR) is 83.8 cm³/mol. The number of hydrogen-bond acceptors (Lipinski definition) is 6. The lowest BCUT2D eigenvalue weighted by Gasteiger charge is -2.07. The topological polar surface area (TPSA) is 121 Å². The standard InChI is InChI=1S/2C5H14OP.H2O4S/c2*1-7(2,3)5-4-6;1-5(2,3)4/h2*6H,4-5H2,1-3H3;(H2,1,2,3,4)/q2*+1;/p-2. The van der Waals surface area contributed by atoms with E-state index in [1.807, 2.05) is 0 Å². The second kappa shape index (κ2) is 11.3. The molecule has 0 aliphatic carbocycles. The molecule has 0 aliphatic rings. The van der Waals surface area contributed by atoms with E-state index in [1.165, 1.54) is 0 Å². The maximum atomic E-state index is 8.52. The normalized spacial score (nSPS) is 11.9. The first-order valence-corrected chi connectivity index (χ1v) is 13.6. The summed E-state index contributed by atoms with van der Waals surface area (Å²) in [6.45, 7) is 14.1. The van der Waals surface area contributed by atoms with Crippen LogP contribution in [0.4, 0.5) is 0 Å². The van der Waals surface area contributed by atoms with E-state index in [-0.39, 0.29) is 0 Å². The van der Waals surface area contributed by atoms with Gasteiger partial charge in [0.05, 0.1) is 25.5 Å². The molecule has 0 saturated heterocycles. The molecule has 0 atom stereocenters. The fourth-order valence-electron chi connectivity index (χ4n) is 0.600. The van der Waals surface area contributed by atoms with Crippen molar-refractivity contribution in [3.8, 4) is 0 Å². The van der Waals surface area contributed by atoms with Crippen molar-refractivity contribution in [2.75, 3.05) is 65.5 Å². The van der Waals surface area contributed by atoms with Gasteiger partial charge in [-0.2, -0.15) is 0 Å². The van der Waals surface area contributed by atoms with E-state index in [0.29, 0.717) is 13.2 Å². The molecule has 0 spiro atoms. The van der Waals surface area contributed by atoms with Crippen molar-refractivity contribution in [2.24, 2.45) is 0 Å². The van der Waals surface area contributed by atoms with Gasteiger partial charge < -0.3 is 19.3 Å². The van der Waals surface area contributed by atoms with Gasteiger partial charge in [-0.3, -0.25) is 8.42 Å². The molecular weight excluding hydrogens is 310 g/mol. The van der Waals surface area contributed by atoms with Crippen LogP contribution in [0.5, 0.6) is 0 Å². The molecule has 0 aromatic heterocycles. The summed E-state index contributed by atoms with van der Waals surface area (Å²) in [5.41, 5.74) is 0. The molecule has 0 heterocycles. The summed E-state index contributed by atoms with van der Waals surface area (Å²) in [5, 5.41) is 16.9. The van der Waals surface area contributed by atoms with Gasteiger partial charge in [0.2, 0.25) is 0 Å². The lowest BCUT2D eigenvalue weighted by atomic mass is 10.9. The quantitative estimate of drug-likeness (QED) is 0.436. The molecule has 0 rings (SSSR count). The highest BCUT2D eigenvalue weighted by atomic mass is 32.3. The van der Waals surface area contributed by atoms with Crippen molar-refractivity contribution < 1.29 is 27.7 Å². The Hall–Kier alpha value is 0.650. The second-order valence-electron chi connectivity index (χ2n) is 5.88. The number of rotatable bonds is 4. The first-order chi connectivity index (χ1) is 8.12. The Balaban J connectivity index is -0.000000206. The zero-order valence-electron chi connectivity index (χ0n) is 12.7. The molecule has 0 radical (unpaired) electrons. The Morgan fingerprint density at radius 2 is 0.947 bits per heavy atom. The third kappa shape index (κ3) is 69.1. The highest BCUT2D eigenvalue weighted by Crippen LogP contribution is 2.45. The first kappa shape index (κ1) is 24.7. The van der Waals surface area contributed by atoms with Gasteiger partial charge in [0.25, 0.3) is 0 Å². The summed E-state index contributed by atoms with van der Waals surface area (Å²) < 4.78 is 34.1. The van der Waals surface area contributed by atoms with Crippen LogP contribution >= 0.6 is 14.5 Å². The SMILES string of the molecule is C[P+](C)(C)CCO.C[P+](C)(C)CCO.O=S(=O)([O-])[O-]. The van der Waals surface area contributed by atoms with Gasteiger partial charge in [0.1, 0.15) is 0 Å². The Bertz CT molecular complexity index is 268. The van der Waals surface area contributed by atoms with Gasteiger partial charge in [-0.05, 0) is 0 Å². The van der Waals surface area contributed by atoms with Crippen LogP contribution in [0.15, 0.2) is 0 Å². The molecule has 0 unspecified atom stereocenters. The van der Waals surface area contributed by atoms with Crippen molar-refractivity contribution >= 4 is 24.9 Å². The first-order valence-electron chi connectivity index (χ1n) is 5.61. The summed E-state index contributed by atoms with van der Waals surface area (Å²) in [6.07, 6.45) is 2.01. The molecular formula is C10H28O6P2S. The molecule has 0 bridgehead atoms. The lowest BCUT2D eigenvalue weighted by molar-refractivity contribution is 0.321. The van der Waals surface area contributed by atoms with E-state index in [2.05, 4.69) is 40.0 Å². The zero-order chi connectivity index (χ0) is 16.3. The maximum Gasteiger partial charge on any atom is 0.0817 e. The highest BCUT2D eigenvalue weighted by molar-refractivity contribution is 7.79. The molecule has 0 amide bonds. The van der Waals surface area contributed by atoms with E-state index >= 15 is 0 Å². The van der Waals surface area contributed by atoms with Crippen LogP contribution in [0.3, 0.4) is 0 Å². The fourth-order valence-corrected chi connectivity index (χ4v) is 1.80. The molecule has 2 N–H and O–H groups in total. The Labute approximate surface area is 118 Å². The lowest BCUT2D eigenvalue weighted by Crippen LogP contribution is -1.96. The van der Waals surface area contributed by atoms with Crippen molar-refractivity contribution in [1.29, 1.82) is 0 Å². The van der Waals surface area contributed by atoms with Crippen LogP contribution < -0.4 is 0 Å². The van der Waals surface area contributed by atoms with Crippen LogP contribution in [-0.2, 0) is 10.4 Å². The average molecular weight is 338 g/mol. The molecule has 0 fully saturated rings. The fraction of sp³-hybridized carbons (Fsp3) is 1.00. The van der Waals surface area contributed by atoms with Gasteiger partial charge >= 0.3 is 0 Å². The van der Waals surface area contributed by atoms with Gasteiger partial charge in [-0.1, -0.05) is 0 Å². The summed E-state index contributed by atoms with van der Waals surface area (Å²) in [5.74, 6) is 0. The van der Waals surface area contributed by atoms with Crippen LogP contribution in [0.2, 0.25) is 0 Å². The van der Waals surface area contributed by atoms with Crippen LogP contribution in [0.1, 0.15) is 0 Å². The monoisotopic (exact) mass is 338 g/mol. The van der Waals surface area contributed by atoms with E-state index in [0.717, 1.165) is 12.3 Å². The molecule has 6 nitrogen and oxygen atoms in total. The Morgan fingerprint density at radius 3 is 0.947 bits per heavy atom. The molecule has 0 aromatic carbocycles. The number of aliphatic hydroxyl groups excluding tert-OH is 2. The van der Waals surface area contributed by atoms with Crippen LogP contribution in [0.25, 0.3) is 0 Å². The summed E-state index contributed by atoms with van der Waals surface area (Å²) in [6, 6.07) is 0. The van der Waals surface area contributed by atoms with Gasteiger partial charge in [-0.15, -0.1) is 0 Å². The summed E-state index contributed by atoms with van der Waals surface area (Å²) >= 11 is 0. The molecule has 19 heavy (non-hydrogen) atoms. The smallest absolute Gasteiger partial charge is 0.0817 e. The van der Waals surface area contributed by atoms with Crippen molar-refractivity contribution in [3.63, 3.8) is 0 Å². The molecule has 0 aromatic rings. The summed E-state index contributed by atoms with van der Waals surface area (Å²) in [7, 11) is -6.50. The minimum Gasteiger partial charge on any atom is -0.759 e. The third-order valence-electron chi connectivity index (χ3n) is 1.54. The minimum atomic E-state index is -5.17.